The van der Waals surface area contributed by atoms with Gasteiger partial charge in [0.15, 0.2) is 0 Å². The molecule has 1 N–H and O–H groups in total. The van der Waals surface area contributed by atoms with E-state index < -0.39 is 15.9 Å². The average Bonchev–Trinajstić information content (AvgIpc) is 3.15. The zero-order valence-corrected chi connectivity index (χ0v) is 18.7. The lowest BCUT2D eigenvalue weighted by Crippen LogP contribution is -2.30. The third kappa shape index (κ3) is 4.73. The number of carbonyl (C=O) groups excluding carboxylic acids is 1. The van der Waals surface area contributed by atoms with Gasteiger partial charge in [-0.25, -0.2) is 18.1 Å². The van der Waals surface area contributed by atoms with E-state index in [0.717, 1.165) is 41.7 Å². The minimum atomic E-state index is -3.91. The van der Waals surface area contributed by atoms with E-state index >= 15 is 0 Å². The molecule has 32 heavy (non-hydrogen) atoms. The molecule has 6 nitrogen and oxygen atoms in total. The fourth-order valence-corrected chi connectivity index (χ4v) is 4.61. The van der Waals surface area contributed by atoms with E-state index in [1.807, 2.05) is 30.3 Å². The smallest absolute Gasteiger partial charge is 0.264 e. The molecule has 164 valence electrons. The molecule has 0 saturated heterocycles. The first-order valence-electron chi connectivity index (χ1n) is 10.6. The van der Waals surface area contributed by atoms with Crippen molar-refractivity contribution in [3.8, 4) is 0 Å². The summed E-state index contributed by atoms with van der Waals surface area (Å²) in [5, 5.41) is 0. The summed E-state index contributed by atoms with van der Waals surface area (Å²) in [5.74, 6) is 0.390. The highest BCUT2D eigenvalue weighted by atomic mass is 32.2. The van der Waals surface area contributed by atoms with E-state index in [9.17, 15) is 13.2 Å². The van der Waals surface area contributed by atoms with Gasteiger partial charge in [-0.1, -0.05) is 55.8 Å². The Kier molecular flexibility index (Phi) is 6.37. The zero-order valence-electron chi connectivity index (χ0n) is 17.9. The molecule has 0 atom stereocenters. The van der Waals surface area contributed by atoms with E-state index in [-0.39, 0.29) is 10.5 Å². The monoisotopic (exact) mass is 447 g/mol. The molecule has 0 unspecified atom stereocenters. The molecule has 0 aliphatic carbocycles. The van der Waals surface area contributed by atoms with Crippen LogP contribution in [0.1, 0.15) is 41.5 Å². The maximum atomic E-state index is 12.5. The fourth-order valence-electron chi connectivity index (χ4n) is 3.61. The second-order valence-corrected chi connectivity index (χ2v) is 9.33. The first-order valence-corrected chi connectivity index (χ1v) is 12.1. The number of imidazole rings is 1. The number of para-hydroxylation sites is 2. The topological polar surface area (TPSA) is 81.1 Å². The number of amides is 1. The minimum absolute atomic E-state index is 0.0524. The molecule has 0 aliphatic rings. The van der Waals surface area contributed by atoms with Crippen LogP contribution in [0.3, 0.4) is 0 Å². The van der Waals surface area contributed by atoms with Gasteiger partial charge in [-0.05, 0) is 48.4 Å². The predicted molar refractivity (Wildman–Crippen MR) is 125 cm³/mol. The Hall–Kier alpha value is -3.45. The molecule has 3 aromatic carbocycles. The van der Waals surface area contributed by atoms with Crippen molar-refractivity contribution in [2.75, 3.05) is 0 Å². The van der Waals surface area contributed by atoms with E-state index in [4.69, 9.17) is 4.98 Å². The normalized spacial score (nSPS) is 11.5. The van der Waals surface area contributed by atoms with Crippen molar-refractivity contribution in [3.63, 3.8) is 0 Å². The highest BCUT2D eigenvalue weighted by Crippen LogP contribution is 2.20. The van der Waals surface area contributed by atoms with Gasteiger partial charge in [-0.15, -0.1) is 0 Å². The van der Waals surface area contributed by atoms with Crippen LogP contribution in [-0.2, 0) is 23.0 Å². The summed E-state index contributed by atoms with van der Waals surface area (Å²) in [6.07, 6.45) is 3.07. The molecule has 0 spiro atoms. The molecule has 1 amide bonds. The Morgan fingerprint density at radius 1 is 0.938 bits per heavy atom. The SMILES string of the molecule is CCCCc1nc2ccccc2n1Cc1ccc(C(=O)NS(=O)(=O)c2ccccc2)cc1. The van der Waals surface area contributed by atoms with Crippen molar-refractivity contribution in [1.82, 2.24) is 14.3 Å². The van der Waals surface area contributed by atoms with Crippen LogP contribution in [0.25, 0.3) is 11.0 Å². The van der Waals surface area contributed by atoms with E-state index in [0.29, 0.717) is 6.54 Å². The number of rotatable bonds is 8. The summed E-state index contributed by atoms with van der Waals surface area (Å²) in [4.78, 5) is 17.3. The molecule has 1 aromatic heterocycles. The molecule has 0 fully saturated rings. The lowest BCUT2D eigenvalue weighted by Gasteiger charge is -2.11. The number of unbranched alkanes of at least 4 members (excludes halogenated alkanes) is 1. The number of fused-ring (bicyclic) bond motifs is 1. The van der Waals surface area contributed by atoms with Gasteiger partial charge in [0, 0.05) is 18.5 Å². The Balaban J connectivity index is 1.53. The first kappa shape index (κ1) is 21.8. The van der Waals surface area contributed by atoms with Crippen LogP contribution in [0, 0.1) is 0 Å². The standard InChI is InChI=1S/C25H25N3O3S/c1-2-3-13-24-26-22-11-7-8-12-23(22)28(24)18-19-14-16-20(17-15-19)25(29)27-32(30,31)21-9-5-4-6-10-21/h4-12,14-17H,2-3,13,18H2,1H3,(H,27,29). The molecular formula is C25H25N3O3S. The van der Waals surface area contributed by atoms with E-state index in [1.54, 1.807) is 30.3 Å². The number of aromatic nitrogens is 2. The van der Waals surface area contributed by atoms with E-state index in [2.05, 4.69) is 22.3 Å². The van der Waals surface area contributed by atoms with Crippen molar-refractivity contribution in [1.29, 1.82) is 0 Å². The maximum Gasteiger partial charge on any atom is 0.264 e. The van der Waals surface area contributed by atoms with Gasteiger partial charge in [-0.3, -0.25) is 4.79 Å². The predicted octanol–water partition coefficient (Wildman–Crippen LogP) is 4.55. The van der Waals surface area contributed by atoms with Crippen LogP contribution < -0.4 is 4.72 Å². The van der Waals surface area contributed by atoms with Gasteiger partial charge in [0.2, 0.25) is 0 Å². The van der Waals surface area contributed by atoms with Gasteiger partial charge in [0.25, 0.3) is 15.9 Å². The van der Waals surface area contributed by atoms with Crippen LogP contribution in [0.5, 0.6) is 0 Å². The molecule has 0 radical (unpaired) electrons. The Labute approximate surface area is 188 Å². The molecule has 0 aliphatic heterocycles. The summed E-state index contributed by atoms with van der Waals surface area (Å²) in [6, 6.07) is 22.9. The number of carbonyl (C=O) groups is 1. The number of hydrogen-bond acceptors (Lipinski definition) is 4. The maximum absolute atomic E-state index is 12.5. The van der Waals surface area contributed by atoms with Crippen molar-refractivity contribution in [2.24, 2.45) is 0 Å². The van der Waals surface area contributed by atoms with Gasteiger partial charge in [0.05, 0.1) is 15.9 Å². The van der Waals surface area contributed by atoms with Crippen molar-refractivity contribution < 1.29 is 13.2 Å². The minimum Gasteiger partial charge on any atom is -0.323 e. The zero-order chi connectivity index (χ0) is 22.6. The van der Waals surface area contributed by atoms with Crippen LogP contribution in [-0.4, -0.2) is 23.9 Å². The second-order valence-electron chi connectivity index (χ2n) is 7.65. The quantitative estimate of drug-likeness (QED) is 0.430. The van der Waals surface area contributed by atoms with Crippen LogP contribution >= 0.6 is 0 Å². The average molecular weight is 448 g/mol. The Bertz CT molecular complexity index is 1330. The number of nitrogens with zero attached hydrogens (tertiary/aromatic N) is 2. The van der Waals surface area contributed by atoms with Gasteiger partial charge < -0.3 is 4.57 Å². The molecule has 7 heteroatoms. The molecular weight excluding hydrogens is 422 g/mol. The van der Waals surface area contributed by atoms with Gasteiger partial charge >= 0.3 is 0 Å². The highest BCUT2D eigenvalue weighted by molar-refractivity contribution is 7.90. The van der Waals surface area contributed by atoms with Gasteiger partial charge in [-0.2, -0.15) is 0 Å². The highest BCUT2D eigenvalue weighted by Gasteiger charge is 2.18. The number of benzene rings is 3. The summed E-state index contributed by atoms with van der Waals surface area (Å²) in [5.41, 5.74) is 3.35. The van der Waals surface area contributed by atoms with E-state index in [1.165, 1.54) is 12.1 Å². The molecule has 0 saturated carbocycles. The molecule has 0 bridgehead atoms. The summed E-state index contributed by atoms with van der Waals surface area (Å²) in [7, 11) is -3.91. The first-order chi connectivity index (χ1) is 15.5. The molecule has 1 heterocycles. The third-order valence-corrected chi connectivity index (χ3v) is 6.67. The number of sulfonamides is 1. The summed E-state index contributed by atoms with van der Waals surface area (Å²) < 4.78 is 29.1. The van der Waals surface area contributed by atoms with Crippen LogP contribution in [0.15, 0.2) is 83.8 Å². The van der Waals surface area contributed by atoms with Crippen molar-refractivity contribution >= 4 is 27.0 Å². The van der Waals surface area contributed by atoms with Crippen LogP contribution in [0.2, 0.25) is 0 Å². The van der Waals surface area contributed by atoms with Crippen LogP contribution in [0.4, 0.5) is 0 Å². The van der Waals surface area contributed by atoms with Crippen molar-refractivity contribution in [2.45, 2.75) is 37.6 Å². The van der Waals surface area contributed by atoms with Crippen molar-refractivity contribution in [3.05, 3.63) is 95.8 Å². The number of hydrogen-bond donors (Lipinski definition) is 1. The summed E-state index contributed by atoms with van der Waals surface area (Å²) >= 11 is 0. The number of nitrogens with one attached hydrogen (secondary N) is 1. The Morgan fingerprint density at radius 3 is 2.34 bits per heavy atom. The summed E-state index contributed by atoms with van der Waals surface area (Å²) in [6.45, 7) is 2.79. The van der Waals surface area contributed by atoms with Gasteiger partial charge in [0.1, 0.15) is 5.82 Å². The number of aryl methyl sites for hydroxylation is 1. The second kappa shape index (κ2) is 9.36. The Morgan fingerprint density at radius 2 is 1.62 bits per heavy atom. The fraction of sp³-hybridized carbons (Fsp3) is 0.200. The molecule has 4 rings (SSSR count). The lowest BCUT2D eigenvalue weighted by atomic mass is 10.1. The molecule has 4 aromatic rings. The third-order valence-electron chi connectivity index (χ3n) is 5.32. The largest absolute Gasteiger partial charge is 0.323 e. The lowest BCUT2D eigenvalue weighted by molar-refractivity contribution is 0.0981.